The molecule has 2 unspecified atom stereocenters. The fourth-order valence-electron chi connectivity index (χ4n) is 2.49. The second-order valence-electron chi connectivity index (χ2n) is 5.07. The van der Waals surface area contributed by atoms with Crippen LogP contribution in [-0.2, 0) is 4.74 Å². The molecule has 1 heterocycles. The molecule has 0 aliphatic carbocycles. The fourth-order valence-corrected chi connectivity index (χ4v) is 2.49. The minimum atomic E-state index is -0.599. The van der Waals surface area contributed by atoms with Gasteiger partial charge in [-0.05, 0) is 25.3 Å². The lowest BCUT2D eigenvalue weighted by atomic mass is 10.00. The molecule has 0 aromatic heterocycles. The molecule has 1 N–H and O–H groups in total. The van der Waals surface area contributed by atoms with E-state index in [9.17, 15) is 14.5 Å². The molecular formula is C14H19FN2O3. The highest BCUT2D eigenvalue weighted by atomic mass is 19.1. The second kappa shape index (κ2) is 6.65. The molecule has 1 aromatic rings. The van der Waals surface area contributed by atoms with Crippen LogP contribution >= 0.6 is 0 Å². The van der Waals surface area contributed by atoms with E-state index in [1.54, 1.807) is 0 Å². The Morgan fingerprint density at radius 1 is 1.55 bits per heavy atom. The highest BCUT2D eigenvalue weighted by Crippen LogP contribution is 2.25. The molecule has 0 radical (unpaired) electrons. The van der Waals surface area contributed by atoms with Gasteiger partial charge in [0.05, 0.1) is 22.8 Å². The van der Waals surface area contributed by atoms with Crippen molar-refractivity contribution in [2.45, 2.75) is 44.8 Å². The van der Waals surface area contributed by atoms with Gasteiger partial charge in [-0.3, -0.25) is 10.1 Å². The summed E-state index contributed by atoms with van der Waals surface area (Å²) in [5, 5.41) is 13.7. The lowest BCUT2D eigenvalue weighted by Crippen LogP contribution is -2.34. The molecule has 0 amide bonds. The number of anilines is 1. The van der Waals surface area contributed by atoms with E-state index in [0.717, 1.165) is 31.7 Å². The van der Waals surface area contributed by atoms with Gasteiger partial charge in [-0.15, -0.1) is 0 Å². The van der Waals surface area contributed by atoms with Crippen LogP contribution in [-0.4, -0.2) is 23.7 Å². The first-order valence-electron chi connectivity index (χ1n) is 6.92. The molecule has 6 heteroatoms. The van der Waals surface area contributed by atoms with Crippen molar-refractivity contribution in [3.05, 3.63) is 34.1 Å². The van der Waals surface area contributed by atoms with Gasteiger partial charge in [-0.1, -0.05) is 13.3 Å². The smallest absolute Gasteiger partial charge is 0.272 e. The topological polar surface area (TPSA) is 64.4 Å². The molecule has 1 aliphatic heterocycles. The maximum absolute atomic E-state index is 13.8. The Morgan fingerprint density at radius 3 is 3.00 bits per heavy atom. The van der Waals surface area contributed by atoms with Gasteiger partial charge in [0.1, 0.15) is 0 Å². The Labute approximate surface area is 117 Å². The summed E-state index contributed by atoms with van der Waals surface area (Å²) in [7, 11) is 0. The number of nitro benzene ring substituents is 1. The quantitative estimate of drug-likeness (QED) is 0.663. The molecular weight excluding hydrogens is 263 g/mol. The SMILES string of the molecule is CCCC1CC(Nc2ccc([N+](=O)[O-])cc2F)CCO1. The van der Waals surface area contributed by atoms with E-state index in [1.807, 2.05) is 0 Å². The average Bonchev–Trinajstić information content (AvgIpc) is 2.42. The van der Waals surface area contributed by atoms with E-state index in [-0.39, 0.29) is 17.8 Å². The summed E-state index contributed by atoms with van der Waals surface area (Å²) in [5.74, 6) is -0.585. The van der Waals surface area contributed by atoms with Crippen LogP contribution in [0.1, 0.15) is 32.6 Å². The minimum Gasteiger partial charge on any atom is -0.380 e. The van der Waals surface area contributed by atoms with Gasteiger partial charge in [0, 0.05) is 18.7 Å². The predicted molar refractivity (Wildman–Crippen MR) is 74.3 cm³/mol. The number of benzene rings is 1. The van der Waals surface area contributed by atoms with Crippen LogP contribution in [0.25, 0.3) is 0 Å². The zero-order chi connectivity index (χ0) is 14.5. The number of non-ortho nitro benzene ring substituents is 1. The molecule has 1 aromatic carbocycles. The summed E-state index contributed by atoms with van der Waals surface area (Å²) in [6.07, 6.45) is 3.93. The van der Waals surface area contributed by atoms with Gasteiger partial charge in [0.15, 0.2) is 5.82 Å². The summed E-state index contributed by atoms with van der Waals surface area (Å²) in [4.78, 5) is 9.97. The Kier molecular flexibility index (Phi) is 4.89. The second-order valence-corrected chi connectivity index (χ2v) is 5.07. The van der Waals surface area contributed by atoms with E-state index in [4.69, 9.17) is 4.74 Å². The largest absolute Gasteiger partial charge is 0.380 e. The highest BCUT2D eigenvalue weighted by molar-refractivity contribution is 5.50. The molecule has 0 saturated carbocycles. The van der Waals surface area contributed by atoms with Gasteiger partial charge < -0.3 is 10.1 Å². The van der Waals surface area contributed by atoms with Crippen molar-refractivity contribution in [2.75, 3.05) is 11.9 Å². The lowest BCUT2D eigenvalue weighted by Gasteiger charge is -2.30. The van der Waals surface area contributed by atoms with Crippen LogP contribution in [0.5, 0.6) is 0 Å². The van der Waals surface area contributed by atoms with Crippen molar-refractivity contribution in [1.29, 1.82) is 0 Å². The van der Waals surface area contributed by atoms with E-state index >= 15 is 0 Å². The van der Waals surface area contributed by atoms with Crippen molar-refractivity contribution in [1.82, 2.24) is 0 Å². The van der Waals surface area contributed by atoms with Crippen molar-refractivity contribution in [2.24, 2.45) is 0 Å². The third kappa shape index (κ3) is 3.66. The normalized spacial score (nSPS) is 22.5. The Hall–Kier alpha value is -1.69. The van der Waals surface area contributed by atoms with Gasteiger partial charge in [-0.25, -0.2) is 4.39 Å². The van der Waals surface area contributed by atoms with Crippen LogP contribution in [0.4, 0.5) is 15.8 Å². The van der Waals surface area contributed by atoms with Gasteiger partial charge in [0.2, 0.25) is 0 Å². The van der Waals surface area contributed by atoms with Gasteiger partial charge >= 0.3 is 0 Å². The van der Waals surface area contributed by atoms with E-state index in [0.29, 0.717) is 12.3 Å². The van der Waals surface area contributed by atoms with Crippen molar-refractivity contribution in [3.8, 4) is 0 Å². The molecule has 2 rings (SSSR count). The number of ether oxygens (including phenoxy) is 1. The first-order chi connectivity index (χ1) is 9.60. The number of hydrogen-bond donors (Lipinski definition) is 1. The summed E-state index contributed by atoms with van der Waals surface area (Å²) in [6, 6.07) is 3.84. The molecule has 20 heavy (non-hydrogen) atoms. The van der Waals surface area contributed by atoms with E-state index < -0.39 is 10.7 Å². The maximum atomic E-state index is 13.8. The Bertz CT molecular complexity index is 479. The van der Waals surface area contributed by atoms with Crippen molar-refractivity contribution >= 4 is 11.4 Å². The molecule has 0 spiro atoms. The summed E-state index contributed by atoms with van der Waals surface area (Å²) >= 11 is 0. The number of halogens is 1. The highest BCUT2D eigenvalue weighted by Gasteiger charge is 2.23. The van der Waals surface area contributed by atoms with Crippen molar-refractivity contribution in [3.63, 3.8) is 0 Å². The lowest BCUT2D eigenvalue weighted by molar-refractivity contribution is -0.385. The molecule has 1 saturated heterocycles. The summed E-state index contributed by atoms with van der Waals surface area (Å²) in [6.45, 7) is 2.77. The van der Waals surface area contributed by atoms with Crippen LogP contribution in [0.15, 0.2) is 18.2 Å². The number of nitrogens with one attached hydrogen (secondary N) is 1. The fraction of sp³-hybridized carbons (Fsp3) is 0.571. The number of hydrogen-bond acceptors (Lipinski definition) is 4. The van der Waals surface area contributed by atoms with Crippen molar-refractivity contribution < 1.29 is 14.1 Å². The van der Waals surface area contributed by atoms with Gasteiger partial charge in [0.25, 0.3) is 5.69 Å². The molecule has 5 nitrogen and oxygen atoms in total. The zero-order valence-electron chi connectivity index (χ0n) is 11.5. The third-order valence-electron chi connectivity index (χ3n) is 3.50. The summed E-state index contributed by atoms with van der Waals surface area (Å²) < 4.78 is 19.5. The number of rotatable bonds is 5. The monoisotopic (exact) mass is 282 g/mol. The molecule has 1 aliphatic rings. The first kappa shape index (κ1) is 14.7. The van der Waals surface area contributed by atoms with Crippen LogP contribution in [0.2, 0.25) is 0 Å². The Morgan fingerprint density at radius 2 is 2.35 bits per heavy atom. The summed E-state index contributed by atoms with van der Waals surface area (Å²) in [5.41, 5.74) is 0.0848. The van der Waals surface area contributed by atoms with E-state index in [2.05, 4.69) is 12.2 Å². The molecule has 2 atom stereocenters. The van der Waals surface area contributed by atoms with Crippen LogP contribution in [0, 0.1) is 15.9 Å². The maximum Gasteiger partial charge on any atom is 0.272 e. The number of nitro groups is 1. The molecule has 0 bridgehead atoms. The third-order valence-corrected chi connectivity index (χ3v) is 3.50. The molecule has 110 valence electrons. The Balaban J connectivity index is 2.00. The van der Waals surface area contributed by atoms with E-state index in [1.165, 1.54) is 12.1 Å². The van der Waals surface area contributed by atoms with Crippen LogP contribution < -0.4 is 5.32 Å². The predicted octanol–water partition coefficient (Wildman–Crippen LogP) is 3.49. The van der Waals surface area contributed by atoms with Crippen LogP contribution in [0.3, 0.4) is 0 Å². The molecule has 1 fully saturated rings. The standard InChI is InChI=1S/C14H19FN2O3/c1-2-3-12-8-10(6-7-20-12)16-14-5-4-11(17(18)19)9-13(14)15/h4-5,9-10,12,16H,2-3,6-8H2,1H3. The minimum absolute atomic E-state index is 0.149. The zero-order valence-corrected chi connectivity index (χ0v) is 11.5. The van der Waals surface area contributed by atoms with Gasteiger partial charge in [-0.2, -0.15) is 0 Å². The average molecular weight is 282 g/mol. The number of nitrogens with zero attached hydrogens (tertiary/aromatic N) is 1. The first-order valence-corrected chi connectivity index (χ1v) is 6.92.